The average Bonchev–Trinajstić information content (AvgIpc) is 3.14. The highest BCUT2D eigenvalue weighted by molar-refractivity contribution is 6.35. The molecule has 0 unspecified atom stereocenters. The minimum atomic E-state index is -0.315. The maximum atomic E-state index is 12.6. The first-order valence-electron chi connectivity index (χ1n) is 9.65. The molecule has 2 aromatic carbocycles. The van der Waals surface area contributed by atoms with Crippen LogP contribution in [0.4, 0.5) is 4.79 Å². The third-order valence-electron chi connectivity index (χ3n) is 5.59. The number of nitrogens with zero attached hydrogens (tertiary/aromatic N) is 3. The normalized spacial score (nSPS) is 16.3. The first-order valence-corrected chi connectivity index (χ1v) is 10.4. The number of amides is 4. The molecule has 0 spiro atoms. The lowest BCUT2D eigenvalue weighted by atomic mass is 9.99. The monoisotopic (exact) mass is 445 g/mol. The molecule has 1 fully saturated rings. The van der Waals surface area contributed by atoms with E-state index in [4.69, 9.17) is 23.2 Å². The fraction of sp³-hybridized carbons (Fsp3) is 0.318. The standard InChI is InChI=1S/C22H21Cl2N3O3/c1-12(2)27-10-15-7-14(8-18(24)20(15)21(27)29)16-5-4-13(6-17(16)23)9-26-11-19(28)25(3)22(26)30/h4-8,12H,9-11H2,1-3H3. The van der Waals surface area contributed by atoms with Gasteiger partial charge >= 0.3 is 6.03 Å². The molecule has 4 amide bonds. The van der Waals surface area contributed by atoms with Crippen LogP contribution in [-0.2, 0) is 17.9 Å². The Kier molecular flexibility index (Phi) is 5.24. The maximum absolute atomic E-state index is 12.6. The Hall–Kier alpha value is -2.57. The van der Waals surface area contributed by atoms with Gasteiger partial charge in [-0.2, -0.15) is 0 Å². The molecule has 1 saturated heterocycles. The van der Waals surface area contributed by atoms with E-state index in [1.807, 2.05) is 32.0 Å². The molecular weight excluding hydrogens is 425 g/mol. The summed E-state index contributed by atoms with van der Waals surface area (Å²) in [7, 11) is 1.48. The summed E-state index contributed by atoms with van der Waals surface area (Å²) in [4.78, 5) is 40.8. The van der Waals surface area contributed by atoms with Gasteiger partial charge in [0.25, 0.3) is 5.91 Å². The van der Waals surface area contributed by atoms with E-state index in [1.165, 1.54) is 11.9 Å². The van der Waals surface area contributed by atoms with Crippen molar-refractivity contribution >= 4 is 41.0 Å². The van der Waals surface area contributed by atoms with E-state index in [2.05, 4.69) is 0 Å². The van der Waals surface area contributed by atoms with Gasteiger partial charge in [0.05, 0.1) is 10.6 Å². The average molecular weight is 446 g/mol. The highest BCUT2D eigenvalue weighted by Gasteiger charge is 2.33. The molecule has 30 heavy (non-hydrogen) atoms. The number of fused-ring (bicyclic) bond motifs is 1. The third-order valence-corrected chi connectivity index (χ3v) is 6.20. The van der Waals surface area contributed by atoms with Crippen LogP contribution in [0.3, 0.4) is 0 Å². The number of urea groups is 1. The molecule has 2 aliphatic rings. The predicted octanol–water partition coefficient (Wildman–Crippen LogP) is 4.42. The molecule has 0 atom stereocenters. The van der Waals surface area contributed by atoms with E-state index in [1.54, 1.807) is 17.0 Å². The van der Waals surface area contributed by atoms with Gasteiger partial charge in [0, 0.05) is 36.8 Å². The Labute approximate surface area is 184 Å². The largest absolute Gasteiger partial charge is 0.332 e. The van der Waals surface area contributed by atoms with E-state index in [9.17, 15) is 14.4 Å². The molecule has 2 aromatic rings. The second kappa shape index (κ2) is 7.60. The van der Waals surface area contributed by atoms with Gasteiger partial charge in [-0.15, -0.1) is 0 Å². The van der Waals surface area contributed by atoms with Gasteiger partial charge in [0.15, 0.2) is 0 Å². The van der Waals surface area contributed by atoms with Gasteiger partial charge in [0.1, 0.15) is 6.54 Å². The molecule has 0 aliphatic carbocycles. The van der Waals surface area contributed by atoms with Crippen molar-refractivity contribution in [3.63, 3.8) is 0 Å². The second-order valence-electron chi connectivity index (χ2n) is 7.92. The van der Waals surface area contributed by atoms with Crippen LogP contribution in [-0.4, -0.2) is 52.2 Å². The van der Waals surface area contributed by atoms with E-state index in [-0.39, 0.29) is 30.4 Å². The smallest absolute Gasteiger partial charge is 0.327 e. The minimum Gasteiger partial charge on any atom is -0.332 e. The molecule has 2 aliphatic heterocycles. The van der Waals surface area contributed by atoms with Crippen molar-refractivity contribution in [2.75, 3.05) is 13.6 Å². The number of halogens is 2. The number of likely N-dealkylation sites (N-methyl/N-ethyl adjacent to an activating group) is 1. The first-order chi connectivity index (χ1) is 14.2. The predicted molar refractivity (Wildman–Crippen MR) is 115 cm³/mol. The summed E-state index contributed by atoms with van der Waals surface area (Å²) in [6.45, 7) is 4.84. The molecule has 6 nitrogen and oxygen atoms in total. The van der Waals surface area contributed by atoms with Crippen molar-refractivity contribution in [1.29, 1.82) is 0 Å². The van der Waals surface area contributed by atoms with Crippen LogP contribution in [0.1, 0.15) is 35.3 Å². The van der Waals surface area contributed by atoms with Gasteiger partial charge in [0.2, 0.25) is 5.91 Å². The Morgan fingerprint density at radius 3 is 2.33 bits per heavy atom. The number of carbonyl (C=O) groups excluding carboxylic acids is 3. The zero-order valence-electron chi connectivity index (χ0n) is 16.9. The van der Waals surface area contributed by atoms with Crippen LogP contribution < -0.4 is 0 Å². The van der Waals surface area contributed by atoms with Crippen molar-refractivity contribution < 1.29 is 14.4 Å². The fourth-order valence-corrected chi connectivity index (χ4v) is 4.52. The van der Waals surface area contributed by atoms with Gasteiger partial charge in [-0.1, -0.05) is 35.3 Å². The number of rotatable bonds is 4. The van der Waals surface area contributed by atoms with Gasteiger partial charge in [-0.25, -0.2) is 4.79 Å². The van der Waals surface area contributed by atoms with E-state index >= 15 is 0 Å². The van der Waals surface area contributed by atoms with Gasteiger partial charge < -0.3 is 9.80 Å². The number of imide groups is 1. The Balaban J connectivity index is 1.61. The lowest BCUT2D eigenvalue weighted by molar-refractivity contribution is -0.124. The van der Waals surface area contributed by atoms with Crippen molar-refractivity contribution in [3.8, 4) is 11.1 Å². The van der Waals surface area contributed by atoms with E-state index in [0.717, 1.165) is 27.2 Å². The van der Waals surface area contributed by atoms with Gasteiger partial charge in [-0.3, -0.25) is 14.5 Å². The third kappa shape index (κ3) is 3.44. The Bertz CT molecular complexity index is 1080. The van der Waals surface area contributed by atoms with Crippen molar-refractivity contribution in [1.82, 2.24) is 14.7 Å². The summed E-state index contributed by atoms with van der Waals surface area (Å²) in [6, 6.07) is 9.04. The van der Waals surface area contributed by atoms with Crippen LogP contribution in [0.25, 0.3) is 11.1 Å². The number of benzene rings is 2. The second-order valence-corrected chi connectivity index (χ2v) is 8.74. The highest BCUT2D eigenvalue weighted by atomic mass is 35.5. The SMILES string of the molecule is CC(C)N1Cc2cc(-c3ccc(CN4CC(=O)N(C)C4=O)cc3Cl)cc(Cl)c2C1=O. The lowest BCUT2D eigenvalue weighted by Gasteiger charge is -2.19. The molecule has 8 heteroatoms. The van der Waals surface area contributed by atoms with Crippen molar-refractivity contribution in [2.24, 2.45) is 0 Å². The van der Waals surface area contributed by atoms with Crippen LogP contribution >= 0.6 is 23.2 Å². The topological polar surface area (TPSA) is 60.9 Å². The van der Waals surface area contributed by atoms with Crippen LogP contribution in [0.5, 0.6) is 0 Å². The summed E-state index contributed by atoms with van der Waals surface area (Å²) in [5.74, 6) is -0.270. The zero-order chi connectivity index (χ0) is 21.7. The Morgan fingerprint density at radius 1 is 1.00 bits per heavy atom. The number of hydrogen-bond acceptors (Lipinski definition) is 3. The Morgan fingerprint density at radius 2 is 1.73 bits per heavy atom. The van der Waals surface area contributed by atoms with Crippen LogP contribution in [0.15, 0.2) is 30.3 Å². The summed E-state index contributed by atoms with van der Waals surface area (Å²) >= 11 is 13.0. The summed E-state index contributed by atoms with van der Waals surface area (Å²) < 4.78 is 0. The zero-order valence-corrected chi connectivity index (χ0v) is 18.4. The molecule has 156 valence electrons. The molecule has 0 N–H and O–H groups in total. The summed E-state index contributed by atoms with van der Waals surface area (Å²) in [5, 5.41) is 0.930. The maximum Gasteiger partial charge on any atom is 0.327 e. The molecule has 4 rings (SSSR count). The van der Waals surface area contributed by atoms with Crippen molar-refractivity contribution in [3.05, 3.63) is 57.1 Å². The number of hydrogen-bond donors (Lipinski definition) is 0. The van der Waals surface area contributed by atoms with Crippen LogP contribution in [0, 0.1) is 0 Å². The minimum absolute atomic E-state index is 0.0483. The lowest BCUT2D eigenvalue weighted by Crippen LogP contribution is -2.30. The van der Waals surface area contributed by atoms with Crippen molar-refractivity contribution in [2.45, 2.75) is 33.0 Å². The summed E-state index contributed by atoms with van der Waals surface area (Å²) in [6.07, 6.45) is 0. The van der Waals surface area contributed by atoms with Gasteiger partial charge in [-0.05, 0) is 48.7 Å². The van der Waals surface area contributed by atoms with Crippen LogP contribution in [0.2, 0.25) is 10.0 Å². The van der Waals surface area contributed by atoms with E-state index in [0.29, 0.717) is 28.7 Å². The molecule has 0 aromatic heterocycles. The number of carbonyl (C=O) groups is 3. The molecule has 0 radical (unpaired) electrons. The molecule has 0 saturated carbocycles. The summed E-state index contributed by atoms with van der Waals surface area (Å²) in [5.41, 5.74) is 3.90. The molecular formula is C22H21Cl2N3O3. The molecule has 0 bridgehead atoms. The fourth-order valence-electron chi connectivity index (χ4n) is 3.89. The highest BCUT2D eigenvalue weighted by Crippen LogP contribution is 2.37. The molecule has 2 heterocycles. The first kappa shape index (κ1) is 20.7. The van der Waals surface area contributed by atoms with E-state index < -0.39 is 0 Å². The quantitative estimate of drug-likeness (QED) is 0.654.